The van der Waals surface area contributed by atoms with E-state index in [9.17, 15) is 0 Å². The molecular formula is C16H30N2. The Bertz CT molecular complexity index is 252. The lowest BCUT2D eigenvalue weighted by atomic mass is 9.80. The van der Waals surface area contributed by atoms with Crippen LogP contribution < -0.4 is 5.73 Å². The van der Waals surface area contributed by atoms with Crippen LogP contribution in [-0.4, -0.2) is 30.1 Å². The maximum atomic E-state index is 6.12. The summed E-state index contributed by atoms with van der Waals surface area (Å²) in [7, 11) is 0. The van der Waals surface area contributed by atoms with Gasteiger partial charge in [0.2, 0.25) is 0 Å². The second kappa shape index (κ2) is 5.50. The lowest BCUT2D eigenvalue weighted by Crippen LogP contribution is -2.48. The van der Waals surface area contributed by atoms with Crippen LogP contribution in [0, 0.1) is 17.8 Å². The van der Waals surface area contributed by atoms with Crippen LogP contribution in [0.25, 0.3) is 0 Å². The van der Waals surface area contributed by atoms with Crippen molar-refractivity contribution in [3.05, 3.63) is 0 Å². The molecule has 2 nitrogen and oxygen atoms in total. The summed E-state index contributed by atoms with van der Waals surface area (Å²) in [5.74, 6) is 2.93. The molecule has 0 amide bonds. The zero-order valence-electron chi connectivity index (χ0n) is 12.0. The summed E-state index contributed by atoms with van der Waals surface area (Å²) in [6.07, 6.45) is 11.7. The van der Waals surface area contributed by atoms with Gasteiger partial charge in [0.1, 0.15) is 0 Å². The number of hydrogen-bond acceptors (Lipinski definition) is 2. The van der Waals surface area contributed by atoms with Crippen LogP contribution in [0.2, 0.25) is 0 Å². The Morgan fingerprint density at radius 2 is 1.83 bits per heavy atom. The van der Waals surface area contributed by atoms with E-state index < -0.39 is 0 Å². The van der Waals surface area contributed by atoms with Gasteiger partial charge in [-0.15, -0.1) is 0 Å². The molecule has 18 heavy (non-hydrogen) atoms. The molecule has 1 aliphatic heterocycles. The van der Waals surface area contributed by atoms with E-state index in [0.29, 0.717) is 6.04 Å². The molecule has 4 atom stereocenters. The largest absolute Gasteiger partial charge is 0.328 e. The minimum atomic E-state index is 0.385. The molecule has 3 fully saturated rings. The molecule has 4 unspecified atom stereocenters. The van der Waals surface area contributed by atoms with Gasteiger partial charge in [0.15, 0.2) is 0 Å². The number of rotatable bonds is 3. The zero-order chi connectivity index (χ0) is 12.5. The van der Waals surface area contributed by atoms with E-state index in [2.05, 4.69) is 11.8 Å². The molecule has 2 aliphatic carbocycles. The Morgan fingerprint density at radius 3 is 2.56 bits per heavy atom. The standard InChI is InChI=1S/C16H30N2/c1-12(17)15-5-3-9-18(11-15)16-6-2-4-14(10-16)13-7-8-13/h12-16H,2-11,17H2,1H3. The van der Waals surface area contributed by atoms with Crippen LogP contribution in [0.3, 0.4) is 0 Å². The van der Waals surface area contributed by atoms with Gasteiger partial charge in [0.05, 0.1) is 0 Å². The second-order valence-corrected chi connectivity index (χ2v) is 7.17. The Balaban J connectivity index is 1.55. The Labute approximate surface area is 112 Å². The lowest BCUT2D eigenvalue weighted by Gasteiger charge is -2.43. The molecular weight excluding hydrogens is 220 g/mol. The van der Waals surface area contributed by atoms with Crippen molar-refractivity contribution in [2.24, 2.45) is 23.5 Å². The van der Waals surface area contributed by atoms with Crippen LogP contribution in [0.15, 0.2) is 0 Å². The fourth-order valence-electron chi connectivity index (χ4n) is 4.33. The van der Waals surface area contributed by atoms with Crippen molar-refractivity contribution >= 4 is 0 Å². The van der Waals surface area contributed by atoms with Gasteiger partial charge < -0.3 is 10.6 Å². The van der Waals surface area contributed by atoms with Crippen LogP contribution in [0.1, 0.15) is 58.3 Å². The monoisotopic (exact) mass is 250 g/mol. The topological polar surface area (TPSA) is 29.3 Å². The molecule has 2 heteroatoms. The van der Waals surface area contributed by atoms with E-state index in [4.69, 9.17) is 5.73 Å². The molecule has 0 aromatic rings. The third kappa shape index (κ3) is 2.91. The van der Waals surface area contributed by atoms with Gasteiger partial charge in [-0.1, -0.05) is 12.8 Å². The SMILES string of the molecule is CC(N)C1CCCN(C2CCCC(C3CC3)C2)C1. The highest BCUT2D eigenvalue weighted by atomic mass is 15.2. The molecule has 104 valence electrons. The van der Waals surface area contributed by atoms with Crippen molar-refractivity contribution in [1.82, 2.24) is 4.90 Å². The normalized spacial score (nSPS) is 40.7. The quantitative estimate of drug-likeness (QED) is 0.834. The predicted molar refractivity (Wildman–Crippen MR) is 76.4 cm³/mol. The van der Waals surface area contributed by atoms with Gasteiger partial charge in [-0.05, 0) is 69.7 Å². The Morgan fingerprint density at radius 1 is 1.00 bits per heavy atom. The number of nitrogens with zero attached hydrogens (tertiary/aromatic N) is 1. The minimum absolute atomic E-state index is 0.385. The highest BCUT2D eigenvalue weighted by Crippen LogP contribution is 2.45. The summed E-state index contributed by atoms with van der Waals surface area (Å²) >= 11 is 0. The first-order valence-electron chi connectivity index (χ1n) is 8.23. The average molecular weight is 250 g/mol. The first kappa shape index (κ1) is 12.9. The van der Waals surface area contributed by atoms with E-state index in [1.54, 1.807) is 0 Å². The summed E-state index contributed by atoms with van der Waals surface area (Å²) < 4.78 is 0. The van der Waals surface area contributed by atoms with E-state index in [0.717, 1.165) is 23.8 Å². The maximum absolute atomic E-state index is 6.12. The predicted octanol–water partition coefficient (Wildman–Crippen LogP) is 3.01. The van der Waals surface area contributed by atoms with Crippen molar-refractivity contribution < 1.29 is 0 Å². The zero-order valence-corrected chi connectivity index (χ0v) is 12.0. The van der Waals surface area contributed by atoms with Gasteiger partial charge in [0, 0.05) is 18.6 Å². The van der Waals surface area contributed by atoms with Gasteiger partial charge in [0.25, 0.3) is 0 Å². The molecule has 1 saturated heterocycles. The lowest BCUT2D eigenvalue weighted by molar-refractivity contribution is 0.0725. The van der Waals surface area contributed by atoms with Crippen molar-refractivity contribution in [3.63, 3.8) is 0 Å². The molecule has 0 aromatic heterocycles. The number of likely N-dealkylation sites (tertiary alicyclic amines) is 1. The minimum Gasteiger partial charge on any atom is -0.328 e. The number of nitrogens with two attached hydrogens (primary N) is 1. The van der Waals surface area contributed by atoms with Crippen molar-refractivity contribution in [2.45, 2.75) is 70.4 Å². The molecule has 0 spiro atoms. The van der Waals surface area contributed by atoms with Crippen LogP contribution in [-0.2, 0) is 0 Å². The fraction of sp³-hybridized carbons (Fsp3) is 1.00. The van der Waals surface area contributed by atoms with E-state index in [-0.39, 0.29) is 0 Å². The highest BCUT2D eigenvalue weighted by molar-refractivity contribution is 4.90. The molecule has 1 heterocycles. The number of piperidine rings is 1. The van der Waals surface area contributed by atoms with Crippen LogP contribution >= 0.6 is 0 Å². The molecule has 3 aliphatic rings. The molecule has 0 radical (unpaired) electrons. The summed E-state index contributed by atoms with van der Waals surface area (Å²) in [5.41, 5.74) is 6.12. The molecule has 0 bridgehead atoms. The fourth-order valence-corrected chi connectivity index (χ4v) is 4.33. The van der Waals surface area contributed by atoms with E-state index in [1.165, 1.54) is 64.5 Å². The Hall–Kier alpha value is -0.0800. The first-order valence-corrected chi connectivity index (χ1v) is 8.23. The maximum Gasteiger partial charge on any atom is 0.00981 e. The van der Waals surface area contributed by atoms with Gasteiger partial charge in [-0.25, -0.2) is 0 Å². The molecule has 3 rings (SSSR count). The number of hydrogen-bond donors (Lipinski definition) is 1. The van der Waals surface area contributed by atoms with Gasteiger partial charge in [-0.3, -0.25) is 0 Å². The molecule has 2 saturated carbocycles. The van der Waals surface area contributed by atoms with Crippen LogP contribution in [0.4, 0.5) is 0 Å². The van der Waals surface area contributed by atoms with Crippen molar-refractivity contribution in [1.29, 1.82) is 0 Å². The molecule has 2 N–H and O–H groups in total. The van der Waals surface area contributed by atoms with Crippen molar-refractivity contribution in [3.8, 4) is 0 Å². The first-order chi connectivity index (χ1) is 8.74. The van der Waals surface area contributed by atoms with Crippen LogP contribution in [0.5, 0.6) is 0 Å². The van der Waals surface area contributed by atoms with E-state index >= 15 is 0 Å². The van der Waals surface area contributed by atoms with Crippen molar-refractivity contribution in [2.75, 3.05) is 13.1 Å². The third-order valence-corrected chi connectivity index (χ3v) is 5.72. The third-order valence-electron chi connectivity index (χ3n) is 5.72. The Kier molecular flexibility index (Phi) is 3.95. The summed E-state index contributed by atoms with van der Waals surface area (Å²) in [5, 5.41) is 0. The highest BCUT2D eigenvalue weighted by Gasteiger charge is 2.37. The van der Waals surface area contributed by atoms with Gasteiger partial charge >= 0.3 is 0 Å². The summed E-state index contributed by atoms with van der Waals surface area (Å²) in [4.78, 5) is 2.80. The smallest absolute Gasteiger partial charge is 0.00981 e. The summed E-state index contributed by atoms with van der Waals surface area (Å²) in [6, 6.07) is 1.28. The average Bonchev–Trinajstić information content (AvgIpc) is 3.23. The van der Waals surface area contributed by atoms with E-state index in [1.807, 2.05) is 0 Å². The summed E-state index contributed by atoms with van der Waals surface area (Å²) in [6.45, 7) is 4.81. The molecule has 0 aromatic carbocycles. The second-order valence-electron chi connectivity index (χ2n) is 7.17. The van der Waals surface area contributed by atoms with Gasteiger partial charge in [-0.2, -0.15) is 0 Å².